The van der Waals surface area contributed by atoms with Crippen molar-refractivity contribution in [3.8, 4) is 5.75 Å². The first-order valence-electron chi connectivity index (χ1n) is 4.24. The van der Waals surface area contributed by atoms with Gasteiger partial charge in [0.15, 0.2) is 5.44 Å². The van der Waals surface area contributed by atoms with Crippen LogP contribution in [0.4, 0.5) is 0 Å². The third kappa shape index (κ3) is 4.20. The number of ether oxygens (including phenoxy) is 1. The first-order chi connectivity index (χ1) is 6.18. The number of rotatable bonds is 4. The van der Waals surface area contributed by atoms with E-state index in [2.05, 4.69) is 0 Å². The van der Waals surface area contributed by atoms with Crippen LogP contribution in [0.1, 0.15) is 6.92 Å². The normalized spacial score (nSPS) is 12.9. The zero-order valence-electron chi connectivity index (χ0n) is 8.23. The van der Waals surface area contributed by atoms with Crippen molar-refractivity contribution in [2.75, 3.05) is 14.1 Å². The molecular formula is C10H15NOS. The van der Waals surface area contributed by atoms with E-state index in [-0.39, 0.29) is 5.44 Å². The molecule has 0 aromatic heterocycles. The van der Waals surface area contributed by atoms with Crippen molar-refractivity contribution in [2.24, 2.45) is 0 Å². The highest BCUT2D eigenvalue weighted by molar-refractivity contribution is 7.97. The lowest BCUT2D eigenvalue weighted by atomic mass is 10.3. The lowest BCUT2D eigenvalue weighted by molar-refractivity contribution is 0.303. The van der Waals surface area contributed by atoms with Gasteiger partial charge in [0.2, 0.25) is 0 Å². The lowest BCUT2D eigenvalue weighted by Gasteiger charge is -2.17. The van der Waals surface area contributed by atoms with Gasteiger partial charge in [0.1, 0.15) is 5.75 Å². The highest BCUT2D eigenvalue weighted by atomic mass is 32.2. The van der Waals surface area contributed by atoms with E-state index < -0.39 is 0 Å². The Morgan fingerprint density at radius 2 is 1.85 bits per heavy atom. The third-order valence-corrected chi connectivity index (χ3v) is 2.22. The molecule has 0 aliphatic heterocycles. The van der Waals surface area contributed by atoms with Crippen LogP contribution in [0.5, 0.6) is 5.75 Å². The Kier molecular flexibility index (Phi) is 4.12. The number of nitrogens with zero attached hydrogens (tertiary/aromatic N) is 1. The predicted molar refractivity (Wildman–Crippen MR) is 57.8 cm³/mol. The molecule has 0 aliphatic rings. The Bertz CT molecular complexity index is 238. The molecule has 0 bridgehead atoms. The van der Waals surface area contributed by atoms with Crippen molar-refractivity contribution in [1.29, 1.82) is 0 Å². The van der Waals surface area contributed by atoms with Crippen LogP contribution in [0.15, 0.2) is 30.3 Å². The van der Waals surface area contributed by atoms with E-state index in [1.165, 1.54) is 0 Å². The summed E-state index contributed by atoms with van der Waals surface area (Å²) >= 11 is 1.66. The number of hydrogen-bond acceptors (Lipinski definition) is 3. The zero-order chi connectivity index (χ0) is 9.68. The molecule has 72 valence electrons. The summed E-state index contributed by atoms with van der Waals surface area (Å²) in [7, 11) is 4.02. The maximum atomic E-state index is 5.65. The molecule has 3 heteroatoms. The summed E-state index contributed by atoms with van der Waals surface area (Å²) in [5, 5.41) is 0. The second-order valence-electron chi connectivity index (χ2n) is 2.92. The van der Waals surface area contributed by atoms with E-state index in [4.69, 9.17) is 4.74 Å². The summed E-state index contributed by atoms with van der Waals surface area (Å²) in [5.41, 5.74) is 0.150. The van der Waals surface area contributed by atoms with E-state index in [9.17, 15) is 0 Å². The largest absolute Gasteiger partial charge is 0.479 e. The minimum atomic E-state index is 0.150. The van der Waals surface area contributed by atoms with Crippen molar-refractivity contribution < 1.29 is 4.74 Å². The molecule has 0 aliphatic carbocycles. The third-order valence-electron chi connectivity index (χ3n) is 1.40. The monoisotopic (exact) mass is 197 g/mol. The van der Waals surface area contributed by atoms with Crippen LogP contribution in [-0.4, -0.2) is 23.8 Å². The Labute approximate surface area is 84.0 Å². The smallest absolute Gasteiger partial charge is 0.155 e. The van der Waals surface area contributed by atoms with Gasteiger partial charge in [-0.05, 0) is 45.1 Å². The van der Waals surface area contributed by atoms with E-state index >= 15 is 0 Å². The maximum Gasteiger partial charge on any atom is 0.155 e. The number of benzene rings is 1. The molecule has 0 spiro atoms. The fourth-order valence-electron chi connectivity index (χ4n) is 1.01. The molecule has 1 rings (SSSR count). The van der Waals surface area contributed by atoms with Crippen molar-refractivity contribution in [1.82, 2.24) is 4.31 Å². The van der Waals surface area contributed by atoms with Crippen molar-refractivity contribution in [3.05, 3.63) is 30.3 Å². The van der Waals surface area contributed by atoms with E-state index in [0.29, 0.717) is 0 Å². The topological polar surface area (TPSA) is 12.5 Å². The SMILES string of the molecule is CC(Oc1ccccc1)SN(C)C. The van der Waals surface area contributed by atoms with Gasteiger partial charge in [-0.2, -0.15) is 0 Å². The standard InChI is InChI=1S/C10H15NOS/c1-9(13-11(2)3)12-10-7-5-4-6-8-10/h4-9H,1-3H3. The van der Waals surface area contributed by atoms with Crippen LogP contribution in [0, 0.1) is 0 Å². The van der Waals surface area contributed by atoms with Crippen molar-refractivity contribution in [3.63, 3.8) is 0 Å². The van der Waals surface area contributed by atoms with E-state index in [1.54, 1.807) is 11.9 Å². The predicted octanol–water partition coefficient (Wildman–Crippen LogP) is 2.62. The molecule has 0 saturated carbocycles. The average molecular weight is 197 g/mol. The Morgan fingerprint density at radius 3 is 2.38 bits per heavy atom. The fraction of sp³-hybridized carbons (Fsp3) is 0.400. The maximum absolute atomic E-state index is 5.65. The molecule has 0 fully saturated rings. The zero-order valence-corrected chi connectivity index (χ0v) is 9.04. The Balaban J connectivity index is 2.41. The minimum absolute atomic E-state index is 0.150. The number of para-hydroxylation sites is 1. The van der Waals surface area contributed by atoms with Crippen molar-refractivity contribution in [2.45, 2.75) is 12.4 Å². The van der Waals surface area contributed by atoms with E-state index in [1.807, 2.05) is 55.7 Å². The second kappa shape index (κ2) is 5.14. The molecule has 2 nitrogen and oxygen atoms in total. The molecule has 1 unspecified atom stereocenters. The summed E-state index contributed by atoms with van der Waals surface area (Å²) in [4.78, 5) is 0. The quantitative estimate of drug-likeness (QED) is 0.544. The first kappa shape index (κ1) is 10.4. The van der Waals surface area contributed by atoms with Gasteiger partial charge >= 0.3 is 0 Å². The molecule has 0 amide bonds. The van der Waals surface area contributed by atoms with Gasteiger partial charge in [-0.15, -0.1) is 0 Å². The van der Waals surface area contributed by atoms with Crippen LogP contribution in [-0.2, 0) is 0 Å². The first-order valence-corrected chi connectivity index (χ1v) is 5.08. The highest BCUT2D eigenvalue weighted by Gasteiger charge is 2.04. The number of hydrogen-bond donors (Lipinski definition) is 0. The summed E-state index contributed by atoms with van der Waals surface area (Å²) in [6.45, 7) is 2.04. The molecule has 0 radical (unpaired) electrons. The summed E-state index contributed by atoms with van der Waals surface area (Å²) in [6.07, 6.45) is 0. The minimum Gasteiger partial charge on any atom is -0.479 e. The van der Waals surface area contributed by atoms with Gasteiger partial charge in [0, 0.05) is 0 Å². The van der Waals surface area contributed by atoms with E-state index in [0.717, 1.165) is 5.75 Å². The Morgan fingerprint density at radius 1 is 1.23 bits per heavy atom. The average Bonchev–Trinajstić information content (AvgIpc) is 2.04. The van der Waals surface area contributed by atoms with Crippen molar-refractivity contribution >= 4 is 11.9 Å². The van der Waals surface area contributed by atoms with Crippen LogP contribution in [0.2, 0.25) is 0 Å². The van der Waals surface area contributed by atoms with Crippen LogP contribution < -0.4 is 4.74 Å². The van der Waals surface area contributed by atoms with Gasteiger partial charge in [0.05, 0.1) is 0 Å². The van der Waals surface area contributed by atoms with Gasteiger partial charge in [-0.1, -0.05) is 18.2 Å². The van der Waals surface area contributed by atoms with Gasteiger partial charge in [-0.3, -0.25) is 4.31 Å². The molecule has 0 heterocycles. The Hall–Kier alpha value is -0.670. The van der Waals surface area contributed by atoms with Gasteiger partial charge in [-0.25, -0.2) is 0 Å². The van der Waals surface area contributed by atoms with Gasteiger partial charge < -0.3 is 4.74 Å². The molecular weight excluding hydrogens is 182 g/mol. The second-order valence-corrected chi connectivity index (χ2v) is 4.52. The molecule has 0 N–H and O–H groups in total. The molecule has 1 atom stereocenters. The molecule has 13 heavy (non-hydrogen) atoms. The molecule has 0 saturated heterocycles. The van der Waals surface area contributed by atoms with Crippen LogP contribution in [0.3, 0.4) is 0 Å². The fourth-order valence-corrected chi connectivity index (χ4v) is 1.76. The van der Waals surface area contributed by atoms with Crippen LogP contribution in [0.25, 0.3) is 0 Å². The summed E-state index contributed by atoms with van der Waals surface area (Å²) in [6, 6.07) is 9.86. The summed E-state index contributed by atoms with van der Waals surface area (Å²) < 4.78 is 7.68. The molecule has 1 aromatic carbocycles. The highest BCUT2D eigenvalue weighted by Crippen LogP contribution is 2.18. The summed E-state index contributed by atoms with van der Waals surface area (Å²) in [5.74, 6) is 0.921. The lowest BCUT2D eigenvalue weighted by Crippen LogP contribution is -2.13. The van der Waals surface area contributed by atoms with Crippen LogP contribution >= 0.6 is 11.9 Å². The molecule has 1 aromatic rings. The van der Waals surface area contributed by atoms with Gasteiger partial charge in [0.25, 0.3) is 0 Å².